The molecule has 3 aromatic rings. The van der Waals surface area contributed by atoms with E-state index in [-0.39, 0.29) is 5.57 Å². The number of thiazole rings is 1. The van der Waals surface area contributed by atoms with Crippen LogP contribution in [-0.2, 0) is 0 Å². The van der Waals surface area contributed by atoms with E-state index in [2.05, 4.69) is 75.0 Å². The highest BCUT2D eigenvalue weighted by Gasteiger charge is 2.33. The molecule has 0 aliphatic carbocycles. The number of aliphatic imine (C=N–C) groups is 1. The van der Waals surface area contributed by atoms with Gasteiger partial charge in [-0.25, -0.2) is 9.98 Å². The van der Waals surface area contributed by atoms with Crippen molar-refractivity contribution in [3.63, 3.8) is 0 Å². The SMILES string of the molecule is CCCCC(CC)CN(CC(CC)CCCC)c1nc(-c2ccc(C)cc2)c(/N=C2/C(C)=C(C#N)C(=O)n3nc(N(C)CC)nc32)s1. The maximum absolute atomic E-state index is 13.3. The second kappa shape index (κ2) is 16.8. The maximum Gasteiger partial charge on any atom is 0.291 e. The lowest BCUT2D eigenvalue weighted by atomic mass is 9.96. The Morgan fingerprint density at radius 1 is 0.957 bits per heavy atom. The lowest BCUT2D eigenvalue weighted by molar-refractivity contribution is 0.0942. The van der Waals surface area contributed by atoms with Crippen molar-refractivity contribution in [2.24, 2.45) is 16.8 Å². The van der Waals surface area contributed by atoms with Crippen LogP contribution in [0.25, 0.3) is 11.3 Å². The van der Waals surface area contributed by atoms with Crippen LogP contribution in [0.2, 0.25) is 0 Å². The van der Waals surface area contributed by atoms with Crippen LogP contribution in [0, 0.1) is 30.1 Å². The molecule has 252 valence electrons. The number of carbonyl (C=O) groups is 1. The van der Waals surface area contributed by atoms with Crippen molar-refractivity contribution < 1.29 is 4.79 Å². The molecular weight excluding hydrogens is 605 g/mol. The molecule has 9 nitrogen and oxygen atoms in total. The Bertz CT molecular complexity index is 1590. The average molecular weight is 657 g/mol. The summed E-state index contributed by atoms with van der Waals surface area (Å²) >= 11 is 1.59. The summed E-state index contributed by atoms with van der Waals surface area (Å²) in [6.45, 7) is 17.6. The van der Waals surface area contributed by atoms with Gasteiger partial charge in [0.25, 0.3) is 5.91 Å². The van der Waals surface area contributed by atoms with Gasteiger partial charge in [0, 0.05) is 37.8 Å². The van der Waals surface area contributed by atoms with E-state index in [0.29, 0.717) is 41.4 Å². The van der Waals surface area contributed by atoms with E-state index in [1.165, 1.54) is 48.8 Å². The largest absolute Gasteiger partial charge is 0.347 e. The van der Waals surface area contributed by atoms with Gasteiger partial charge in [0.05, 0.1) is 0 Å². The summed E-state index contributed by atoms with van der Waals surface area (Å²) in [7, 11) is 1.88. The second-order valence-corrected chi connectivity index (χ2v) is 13.7. The van der Waals surface area contributed by atoms with Crippen molar-refractivity contribution in [1.29, 1.82) is 5.26 Å². The number of hydrogen-bond donors (Lipinski definition) is 0. The third kappa shape index (κ3) is 8.36. The van der Waals surface area contributed by atoms with Gasteiger partial charge >= 0.3 is 0 Å². The third-order valence-corrected chi connectivity index (χ3v) is 10.3. The molecule has 2 atom stereocenters. The topological polar surface area (TPSA) is 103 Å². The molecule has 10 heteroatoms. The predicted molar refractivity (Wildman–Crippen MR) is 195 cm³/mol. The molecule has 0 fully saturated rings. The molecule has 1 aliphatic rings. The van der Waals surface area contributed by atoms with Gasteiger partial charge in [-0.15, -0.1) is 5.10 Å². The van der Waals surface area contributed by atoms with E-state index in [4.69, 9.17) is 15.0 Å². The highest BCUT2D eigenvalue weighted by Crippen LogP contribution is 2.42. The van der Waals surface area contributed by atoms with Crippen LogP contribution in [0.15, 0.2) is 40.4 Å². The number of nitrogens with zero attached hydrogens (tertiary/aromatic N) is 8. The molecule has 0 saturated carbocycles. The number of fused-ring (bicyclic) bond motifs is 1. The van der Waals surface area contributed by atoms with Gasteiger partial charge in [0.15, 0.2) is 11.0 Å². The van der Waals surface area contributed by atoms with Gasteiger partial charge in [0.1, 0.15) is 28.0 Å². The first-order valence-corrected chi connectivity index (χ1v) is 18.3. The first kappa shape index (κ1) is 36.0. The number of carbonyl (C=O) groups excluding carboxylic acids is 1. The minimum atomic E-state index is -0.479. The van der Waals surface area contributed by atoms with Crippen molar-refractivity contribution in [2.75, 3.05) is 36.5 Å². The summed E-state index contributed by atoms with van der Waals surface area (Å²) in [5, 5.41) is 16.2. The van der Waals surface area contributed by atoms with Crippen molar-refractivity contribution in [2.45, 2.75) is 99.8 Å². The third-order valence-electron chi connectivity index (χ3n) is 9.32. The molecule has 0 spiro atoms. The van der Waals surface area contributed by atoms with Crippen LogP contribution in [0.4, 0.5) is 16.1 Å². The van der Waals surface area contributed by atoms with Crippen LogP contribution in [0.1, 0.15) is 109 Å². The van der Waals surface area contributed by atoms with Gasteiger partial charge in [-0.05, 0) is 45.4 Å². The smallest absolute Gasteiger partial charge is 0.291 e. The summed E-state index contributed by atoms with van der Waals surface area (Å²) in [5.41, 5.74) is 3.95. The van der Waals surface area contributed by atoms with Crippen LogP contribution >= 0.6 is 11.3 Å². The number of nitriles is 1. The lowest BCUT2D eigenvalue weighted by Gasteiger charge is -2.30. The minimum absolute atomic E-state index is 0.0264. The van der Waals surface area contributed by atoms with Crippen molar-refractivity contribution >= 4 is 39.0 Å². The summed E-state index contributed by atoms with van der Waals surface area (Å²) in [5.74, 6) is 1.45. The fraction of sp³-hybridized carbons (Fsp3) is 0.568. The number of rotatable bonds is 17. The lowest BCUT2D eigenvalue weighted by Crippen LogP contribution is -2.34. The minimum Gasteiger partial charge on any atom is -0.347 e. The molecule has 0 bridgehead atoms. The van der Waals surface area contributed by atoms with Gasteiger partial charge in [0.2, 0.25) is 5.95 Å². The zero-order valence-corrected chi connectivity index (χ0v) is 30.5. The quantitative estimate of drug-likeness (QED) is 0.143. The van der Waals surface area contributed by atoms with Crippen LogP contribution in [0.5, 0.6) is 0 Å². The number of hydrogen-bond acceptors (Lipinski definition) is 9. The number of anilines is 2. The summed E-state index contributed by atoms with van der Waals surface area (Å²) in [6, 6.07) is 10.5. The van der Waals surface area contributed by atoms with E-state index in [9.17, 15) is 10.1 Å². The Hall–Kier alpha value is -3.84. The monoisotopic (exact) mass is 656 g/mol. The normalized spacial score (nSPS) is 15.1. The van der Waals surface area contributed by atoms with E-state index in [1.807, 2.05) is 18.9 Å². The molecule has 1 aliphatic heterocycles. The number of aromatic nitrogens is 4. The average Bonchev–Trinajstić information content (AvgIpc) is 3.72. The summed E-state index contributed by atoms with van der Waals surface area (Å²) < 4.78 is 1.23. The fourth-order valence-electron chi connectivity index (χ4n) is 5.92. The zero-order chi connectivity index (χ0) is 34.1. The second-order valence-electron chi connectivity index (χ2n) is 12.8. The molecule has 0 radical (unpaired) electrons. The first-order chi connectivity index (χ1) is 22.7. The van der Waals surface area contributed by atoms with Crippen LogP contribution in [-0.4, -0.2) is 58.0 Å². The maximum atomic E-state index is 13.3. The van der Waals surface area contributed by atoms with Gasteiger partial charge < -0.3 is 9.80 Å². The molecule has 1 aromatic carbocycles. The fourth-order valence-corrected chi connectivity index (χ4v) is 6.90. The van der Waals surface area contributed by atoms with Gasteiger partial charge in [-0.1, -0.05) is 107 Å². The Morgan fingerprint density at radius 3 is 2.11 bits per heavy atom. The van der Waals surface area contributed by atoms with Crippen LogP contribution < -0.4 is 9.80 Å². The molecule has 0 saturated heterocycles. The molecule has 0 N–H and O–H groups in total. The van der Waals surface area contributed by atoms with Crippen molar-refractivity contribution in [3.8, 4) is 17.3 Å². The molecule has 3 heterocycles. The molecule has 47 heavy (non-hydrogen) atoms. The number of allylic oxidation sites excluding steroid dienone is 2. The Kier molecular flexibility index (Phi) is 12.9. The molecular formula is C37H52N8OS. The molecule has 0 amide bonds. The van der Waals surface area contributed by atoms with E-state index >= 15 is 0 Å². The number of unbranched alkanes of at least 4 members (excludes halogenated alkanes) is 2. The van der Waals surface area contributed by atoms with Crippen molar-refractivity contribution in [1.82, 2.24) is 19.7 Å². The highest BCUT2D eigenvalue weighted by atomic mass is 32.1. The van der Waals surface area contributed by atoms with Crippen LogP contribution in [0.3, 0.4) is 0 Å². The molecule has 4 rings (SSSR count). The Labute approximate surface area is 285 Å². The van der Waals surface area contributed by atoms with Crippen molar-refractivity contribution in [3.05, 3.63) is 46.8 Å². The van der Waals surface area contributed by atoms with Gasteiger partial charge in [-0.2, -0.15) is 14.9 Å². The predicted octanol–water partition coefficient (Wildman–Crippen LogP) is 9.02. The zero-order valence-electron chi connectivity index (χ0n) is 29.6. The Morgan fingerprint density at radius 2 is 1.57 bits per heavy atom. The molecule has 2 aromatic heterocycles. The summed E-state index contributed by atoms with van der Waals surface area (Å²) in [6.07, 6.45) is 9.53. The van der Waals surface area contributed by atoms with E-state index in [1.54, 1.807) is 18.3 Å². The summed E-state index contributed by atoms with van der Waals surface area (Å²) in [4.78, 5) is 33.0. The van der Waals surface area contributed by atoms with E-state index < -0.39 is 5.91 Å². The highest BCUT2D eigenvalue weighted by molar-refractivity contribution is 7.19. The first-order valence-electron chi connectivity index (χ1n) is 17.4. The Balaban J connectivity index is 1.90. The standard InChI is InChI=1S/C37H52N8OS/c1-9-14-16-27(11-3)23-44(24-28(12-4)17-15-10-2)37-40-32(29-20-18-25(6)19-21-29)34(47-37)39-31-26(7)30(22-38)35(46)45-33(31)41-36(42-45)43(8)13-5/h18-21,27-28H,9-17,23-24H2,1-8H3/b39-31-. The number of aryl methyl sites for hydroxylation is 1. The molecule has 2 unspecified atom stereocenters. The van der Waals surface area contributed by atoms with E-state index in [0.717, 1.165) is 47.3 Å². The number of benzene rings is 1. The van der Waals surface area contributed by atoms with Gasteiger partial charge in [-0.3, -0.25) is 4.79 Å².